The number of hydrogen-bond donors (Lipinski definition) is 4. The van der Waals surface area contributed by atoms with Crippen molar-refractivity contribution in [2.75, 3.05) is 5.01 Å². The molecule has 0 spiro atoms. The third kappa shape index (κ3) is 2.10. The van der Waals surface area contributed by atoms with Crippen LogP contribution in [0.5, 0.6) is 0 Å². The maximum absolute atomic E-state index is 12.7. The molecule has 18 heavy (non-hydrogen) atoms. The van der Waals surface area contributed by atoms with E-state index in [1.165, 1.54) is 6.07 Å². The molecule has 6 nitrogen and oxygen atoms in total. The van der Waals surface area contributed by atoms with Crippen LogP contribution in [0.4, 0.5) is 23.7 Å². The van der Waals surface area contributed by atoms with Crippen molar-refractivity contribution < 1.29 is 23.1 Å². The quantitative estimate of drug-likeness (QED) is 0.631. The number of hydrazine groups is 3. The normalized spacial score (nSPS) is 16.0. The van der Waals surface area contributed by atoms with E-state index in [-0.39, 0.29) is 11.3 Å². The topological polar surface area (TPSA) is 76.6 Å². The van der Waals surface area contributed by atoms with Crippen LogP contribution in [-0.4, -0.2) is 11.1 Å². The number of hydrogen-bond acceptors (Lipinski definition) is 4. The van der Waals surface area contributed by atoms with Crippen molar-refractivity contribution in [3.63, 3.8) is 0 Å². The summed E-state index contributed by atoms with van der Waals surface area (Å²) in [6.45, 7) is -0.837. The van der Waals surface area contributed by atoms with E-state index in [1.807, 2.05) is 0 Å². The Hall–Kier alpha value is -1.84. The van der Waals surface area contributed by atoms with Crippen molar-refractivity contribution in [3.8, 4) is 0 Å². The predicted molar refractivity (Wildman–Crippen MR) is 54.6 cm³/mol. The zero-order valence-electron chi connectivity index (χ0n) is 8.88. The first-order valence-electron chi connectivity index (χ1n) is 4.86. The number of halogens is 3. The zero-order chi connectivity index (χ0) is 13.3. The van der Waals surface area contributed by atoms with Crippen molar-refractivity contribution >= 4 is 11.7 Å². The van der Waals surface area contributed by atoms with Crippen molar-refractivity contribution in [2.24, 2.45) is 0 Å². The Morgan fingerprint density at radius 3 is 2.56 bits per heavy atom. The molecule has 0 atom stereocenters. The van der Waals surface area contributed by atoms with Gasteiger partial charge in [0, 0.05) is 5.56 Å². The van der Waals surface area contributed by atoms with E-state index < -0.39 is 24.4 Å². The second-order valence-electron chi connectivity index (χ2n) is 3.46. The summed E-state index contributed by atoms with van der Waals surface area (Å²) in [6, 6.07) is 2.62. The lowest BCUT2D eigenvalue weighted by molar-refractivity contribution is -0.138. The number of carbonyl (C=O) groups excluding carboxylic acids is 1. The number of carbonyl (C=O) groups is 1. The molecule has 0 saturated carbocycles. The number of amides is 2. The average molecular weight is 262 g/mol. The maximum atomic E-state index is 12.7. The number of rotatable bonds is 2. The van der Waals surface area contributed by atoms with Crippen molar-refractivity contribution in [1.82, 2.24) is 16.5 Å². The third-order valence-electron chi connectivity index (χ3n) is 2.40. The Morgan fingerprint density at radius 1 is 1.33 bits per heavy atom. The molecule has 1 aliphatic heterocycles. The van der Waals surface area contributed by atoms with Crippen LogP contribution in [0, 0.1) is 0 Å². The van der Waals surface area contributed by atoms with Gasteiger partial charge in [0.2, 0.25) is 0 Å². The van der Waals surface area contributed by atoms with Crippen LogP contribution in [0.15, 0.2) is 18.2 Å². The molecule has 9 heteroatoms. The summed E-state index contributed by atoms with van der Waals surface area (Å²) in [5, 5.41) is 9.94. The van der Waals surface area contributed by atoms with Gasteiger partial charge < -0.3 is 5.11 Å². The number of benzene rings is 1. The van der Waals surface area contributed by atoms with Crippen LogP contribution in [0.1, 0.15) is 11.1 Å². The van der Waals surface area contributed by atoms with E-state index >= 15 is 0 Å². The van der Waals surface area contributed by atoms with Crippen LogP contribution < -0.4 is 21.5 Å². The van der Waals surface area contributed by atoms with E-state index in [1.54, 1.807) is 0 Å². The second kappa shape index (κ2) is 4.44. The van der Waals surface area contributed by atoms with Gasteiger partial charge in [-0.15, -0.1) is 11.1 Å². The van der Waals surface area contributed by atoms with Crippen LogP contribution in [0.2, 0.25) is 0 Å². The first kappa shape index (κ1) is 12.6. The first-order valence-corrected chi connectivity index (χ1v) is 4.86. The van der Waals surface area contributed by atoms with Crippen molar-refractivity contribution in [2.45, 2.75) is 12.8 Å². The SMILES string of the molecule is O=C1NNNN1c1cccc(C(F)(F)F)c1CO. The Morgan fingerprint density at radius 2 is 2.06 bits per heavy atom. The van der Waals surface area contributed by atoms with Gasteiger partial charge in [-0.3, -0.25) is 5.43 Å². The Kier molecular flexibility index (Phi) is 3.11. The highest BCUT2D eigenvalue weighted by Crippen LogP contribution is 2.36. The number of nitrogens with one attached hydrogen (secondary N) is 3. The highest BCUT2D eigenvalue weighted by Gasteiger charge is 2.36. The molecule has 1 fully saturated rings. The molecule has 0 radical (unpaired) electrons. The largest absolute Gasteiger partial charge is 0.416 e. The second-order valence-corrected chi connectivity index (χ2v) is 3.46. The van der Waals surface area contributed by atoms with Crippen molar-refractivity contribution in [3.05, 3.63) is 29.3 Å². The van der Waals surface area contributed by atoms with E-state index in [0.29, 0.717) is 0 Å². The minimum Gasteiger partial charge on any atom is -0.392 e. The lowest BCUT2D eigenvalue weighted by atomic mass is 10.1. The first-order chi connectivity index (χ1) is 8.45. The number of aliphatic hydroxyl groups is 1. The summed E-state index contributed by atoms with van der Waals surface area (Å²) < 4.78 is 38.2. The highest BCUT2D eigenvalue weighted by molar-refractivity contribution is 5.93. The van der Waals surface area contributed by atoms with Crippen molar-refractivity contribution in [1.29, 1.82) is 0 Å². The lowest BCUT2D eigenvalue weighted by Crippen LogP contribution is -2.38. The minimum absolute atomic E-state index is 0.0742. The molecule has 0 aliphatic carbocycles. The minimum atomic E-state index is -4.60. The molecule has 1 heterocycles. The van der Waals surface area contributed by atoms with Gasteiger partial charge in [0.25, 0.3) is 0 Å². The van der Waals surface area contributed by atoms with Gasteiger partial charge in [0.05, 0.1) is 17.9 Å². The van der Waals surface area contributed by atoms with Crippen LogP contribution in [-0.2, 0) is 12.8 Å². The van der Waals surface area contributed by atoms with E-state index in [2.05, 4.69) is 16.5 Å². The molecule has 1 aromatic carbocycles. The van der Waals surface area contributed by atoms with Crippen LogP contribution in [0.25, 0.3) is 0 Å². The number of alkyl halides is 3. The fourth-order valence-electron chi connectivity index (χ4n) is 1.63. The molecule has 1 saturated heterocycles. The summed E-state index contributed by atoms with van der Waals surface area (Å²) >= 11 is 0. The van der Waals surface area contributed by atoms with Gasteiger partial charge in [-0.05, 0) is 12.1 Å². The molecular weight excluding hydrogens is 253 g/mol. The van der Waals surface area contributed by atoms with Gasteiger partial charge >= 0.3 is 12.2 Å². The average Bonchev–Trinajstić information content (AvgIpc) is 2.73. The van der Waals surface area contributed by atoms with E-state index in [9.17, 15) is 18.0 Å². The molecule has 4 N–H and O–H groups in total. The smallest absolute Gasteiger partial charge is 0.392 e. The third-order valence-corrected chi connectivity index (χ3v) is 2.40. The number of aliphatic hydroxyl groups excluding tert-OH is 1. The highest BCUT2D eigenvalue weighted by atomic mass is 19.4. The number of nitrogens with zero attached hydrogens (tertiary/aromatic N) is 1. The van der Waals surface area contributed by atoms with Gasteiger partial charge in [-0.25, -0.2) is 9.80 Å². The predicted octanol–water partition coefficient (Wildman–Crippen LogP) is 0.651. The molecule has 0 bridgehead atoms. The van der Waals surface area contributed by atoms with Crippen LogP contribution >= 0.6 is 0 Å². The molecule has 1 aromatic rings. The standard InChI is InChI=1S/C9H9F3N4O2/c10-9(11,12)6-2-1-3-7(5(6)4-17)16-8(18)13-14-15-16/h1-3,14-15,17H,4H2,(H,13,18). The molecule has 0 aromatic heterocycles. The van der Waals surface area contributed by atoms with Gasteiger partial charge in [-0.1, -0.05) is 6.07 Å². The van der Waals surface area contributed by atoms with Gasteiger partial charge in [0.15, 0.2) is 0 Å². The Bertz CT molecular complexity index is 477. The van der Waals surface area contributed by atoms with E-state index in [0.717, 1.165) is 17.1 Å². The molecule has 98 valence electrons. The summed E-state index contributed by atoms with van der Waals surface area (Å²) in [5.74, 6) is 0. The maximum Gasteiger partial charge on any atom is 0.416 e. The Balaban J connectivity index is 2.51. The Labute approximate surface area is 99.3 Å². The number of anilines is 1. The van der Waals surface area contributed by atoms with Crippen LogP contribution in [0.3, 0.4) is 0 Å². The molecule has 2 amide bonds. The van der Waals surface area contributed by atoms with Gasteiger partial charge in [-0.2, -0.15) is 13.2 Å². The lowest BCUT2D eigenvalue weighted by Gasteiger charge is -2.20. The molecule has 2 rings (SSSR count). The summed E-state index contributed by atoms with van der Waals surface area (Å²) in [5.41, 5.74) is 5.27. The fraction of sp³-hybridized carbons (Fsp3) is 0.222. The summed E-state index contributed by atoms with van der Waals surface area (Å²) in [7, 11) is 0. The number of urea groups is 1. The fourth-order valence-corrected chi connectivity index (χ4v) is 1.63. The summed E-state index contributed by atoms with van der Waals surface area (Å²) in [4.78, 5) is 11.3. The zero-order valence-corrected chi connectivity index (χ0v) is 8.88. The van der Waals surface area contributed by atoms with E-state index in [4.69, 9.17) is 5.11 Å². The molecule has 0 unspecified atom stereocenters. The molecular formula is C9H9F3N4O2. The monoisotopic (exact) mass is 262 g/mol. The molecule has 1 aliphatic rings. The summed E-state index contributed by atoms with van der Waals surface area (Å²) in [6.07, 6.45) is -4.60. The van der Waals surface area contributed by atoms with Gasteiger partial charge in [0.1, 0.15) is 0 Å².